The number of nitrogens with one attached hydrogen (secondary N) is 1. The van der Waals surface area contributed by atoms with Crippen molar-refractivity contribution in [3.05, 3.63) is 29.6 Å². The van der Waals surface area contributed by atoms with E-state index in [-0.39, 0.29) is 0 Å². The van der Waals surface area contributed by atoms with Gasteiger partial charge in [0.1, 0.15) is 0 Å². The highest BCUT2D eigenvalue weighted by molar-refractivity contribution is 5.16. The minimum absolute atomic E-state index is 0.525. The van der Waals surface area contributed by atoms with Crippen LogP contribution in [-0.4, -0.2) is 11.0 Å². The van der Waals surface area contributed by atoms with Gasteiger partial charge in [-0.1, -0.05) is 0 Å². The standard InChI is InChI=1S/C10H15N3/c11-6-10-5-8(3-4-12-10)7-13-9-1-2-9/h3-5,9,13H,1-2,6-7,11H2. The second kappa shape index (κ2) is 3.85. The highest BCUT2D eigenvalue weighted by Gasteiger charge is 2.19. The zero-order chi connectivity index (χ0) is 9.10. The van der Waals surface area contributed by atoms with Gasteiger partial charge in [0.15, 0.2) is 0 Å². The van der Waals surface area contributed by atoms with Crippen LogP contribution in [-0.2, 0) is 13.1 Å². The Bertz CT molecular complexity index is 281. The fourth-order valence-electron chi connectivity index (χ4n) is 1.30. The first-order chi connectivity index (χ1) is 6.38. The molecule has 0 bridgehead atoms. The van der Waals surface area contributed by atoms with Gasteiger partial charge in [0, 0.05) is 25.3 Å². The second-order valence-electron chi connectivity index (χ2n) is 3.51. The summed E-state index contributed by atoms with van der Waals surface area (Å²) in [6, 6.07) is 4.86. The van der Waals surface area contributed by atoms with Crippen molar-refractivity contribution in [2.24, 2.45) is 5.73 Å². The van der Waals surface area contributed by atoms with Crippen molar-refractivity contribution >= 4 is 0 Å². The zero-order valence-electron chi connectivity index (χ0n) is 7.66. The summed E-state index contributed by atoms with van der Waals surface area (Å²) in [5.41, 5.74) is 7.75. The third-order valence-corrected chi connectivity index (χ3v) is 2.26. The van der Waals surface area contributed by atoms with Crippen LogP contribution in [0, 0.1) is 0 Å². The van der Waals surface area contributed by atoms with Gasteiger partial charge in [0.2, 0.25) is 0 Å². The lowest BCUT2D eigenvalue weighted by Crippen LogP contribution is -2.15. The van der Waals surface area contributed by atoms with E-state index in [1.54, 1.807) is 0 Å². The molecule has 70 valence electrons. The average molecular weight is 177 g/mol. The molecule has 13 heavy (non-hydrogen) atoms. The van der Waals surface area contributed by atoms with Gasteiger partial charge >= 0.3 is 0 Å². The summed E-state index contributed by atoms with van der Waals surface area (Å²) in [6.45, 7) is 1.47. The molecule has 0 spiro atoms. The SMILES string of the molecule is NCc1cc(CNC2CC2)ccn1. The topological polar surface area (TPSA) is 50.9 Å². The van der Waals surface area contributed by atoms with Gasteiger partial charge in [-0.2, -0.15) is 0 Å². The molecular formula is C10H15N3. The second-order valence-corrected chi connectivity index (χ2v) is 3.51. The summed E-state index contributed by atoms with van der Waals surface area (Å²) < 4.78 is 0. The first-order valence-corrected chi connectivity index (χ1v) is 4.76. The molecule has 1 heterocycles. The highest BCUT2D eigenvalue weighted by Crippen LogP contribution is 2.19. The van der Waals surface area contributed by atoms with Crippen molar-refractivity contribution in [1.82, 2.24) is 10.3 Å². The molecule has 0 radical (unpaired) electrons. The maximum Gasteiger partial charge on any atom is 0.0542 e. The van der Waals surface area contributed by atoms with Gasteiger partial charge in [-0.05, 0) is 30.5 Å². The summed E-state index contributed by atoms with van der Waals surface area (Å²) in [6.07, 6.45) is 4.48. The summed E-state index contributed by atoms with van der Waals surface area (Å²) >= 11 is 0. The highest BCUT2D eigenvalue weighted by atomic mass is 14.9. The molecule has 0 aliphatic heterocycles. The minimum Gasteiger partial charge on any atom is -0.325 e. The first-order valence-electron chi connectivity index (χ1n) is 4.76. The largest absolute Gasteiger partial charge is 0.325 e. The third-order valence-electron chi connectivity index (χ3n) is 2.26. The van der Waals surface area contributed by atoms with Gasteiger partial charge in [0.05, 0.1) is 5.69 Å². The molecule has 1 aromatic heterocycles. The normalized spacial score (nSPS) is 16.1. The van der Waals surface area contributed by atoms with Gasteiger partial charge in [-0.15, -0.1) is 0 Å². The van der Waals surface area contributed by atoms with E-state index in [0.29, 0.717) is 6.54 Å². The lowest BCUT2D eigenvalue weighted by atomic mass is 10.2. The van der Waals surface area contributed by atoms with Crippen LogP contribution in [0.5, 0.6) is 0 Å². The summed E-state index contributed by atoms with van der Waals surface area (Å²) in [4.78, 5) is 4.15. The van der Waals surface area contributed by atoms with Crippen molar-refractivity contribution in [3.63, 3.8) is 0 Å². The minimum atomic E-state index is 0.525. The van der Waals surface area contributed by atoms with Crippen molar-refractivity contribution in [1.29, 1.82) is 0 Å². The van der Waals surface area contributed by atoms with Crippen molar-refractivity contribution in [2.75, 3.05) is 0 Å². The summed E-state index contributed by atoms with van der Waals surface area (Å²) in [5.74, 6) is 0. The fraction of sp³-hybridized carbons (Fsp3) is 0.500. The third kappa shape index (κ3) is 2.50. The average Bonchev–Trinajstić information content (AvgIpc) is 2.99. The molecule has 0 amide bonds. The number of hydrogen-bond acceptors (Lipinski definition) is 3. The van der Waals surface area contributed by atoms with Gasteiger partial charge in [-0.25, -0.2) is 0 Å². The predicted octanol–water partition coefficient (Wildman–Crippen LogP) is 0.792. The van der Waals surface area contributed by atoms with Crippen LogP contribution in [0.3, 0.4) is 0 Å². The van der Waals surface area contributed by atoms with E-state index in [1.165, 1.54) is 18.4 Å². The molecule has 1 saturated carbocycles. The van der Waals surface area contributed by atoms with Crippen molar-refractivity contribution < 1.29 is 0 Å². The molecule has 3 N–H and O–H groups in total. The van der Waals surface area contributed by atoms with E-state index in [2.05, 4.69) is 16.4 Å². The van der Waals surface area contributed by atoms with Crippen LogP contribution in [0.15, 0.2) is 18.3 Å². The Labute approximate surface area is 78.4 Å². The maximum absolute atomic E-state index is 5.50. The Balaban J connectivity index is 1.93. The quantitative estimate of drug-likeness (QED) is 0.715. The molecular weight excluding hydrogens is 162 g/mol. The van der Waals surface area contributed by atoms with Crippen LogP contribution >= 0.6 is 0 Å². The lowest BCUT2D eigenvalue weighted by Gasteiger charge is -2.03. The molecule has 2 rings (SSSR count). The van der Waals surface area contributed by atoms with E-state index in [9.17, 15) is 0 Å². The molecule has 1 aliphatic rings. The van der Waals surface area contributed by atoms with Gasteiger partial charge in [0.25, 0.3) is 0 Å². The van der Waals surface area contributed by atoms with Crippen molar-refractivity contribution in [3.8, 4) is 0 Å². The Hall–Kier alpha value is -0.930. The number of nitrogens with two attached hydrogens (primary N) is 1. The lowest BCUT2D eigenvalue weighted by molar-refractivity contribution is 0.686. The van der Waals surface area contributed by atoms with Crippen LogP contribution < -0.4 is 11.1 Å². The van der Waals surface area contributed by atoms with E-state index in [4.69, 9.17) is 5.73 Å². The van der Waals surface area contributed by atoms with Crippen LogP contribution in [0.25, 0.3) is 0 Å². The predicted molar refractivity (Wildman–Crippen MR) is 52.0 cm³/mol. The number of nitrogens with zero attached hydrogens (tertiary/aromatic N) is 1. The summed E-state index contributed by atoms with van der Waals surface area (Å²) in [5, 5.41) is 3.46. The fourth-order valence-corrected chi connectivity index (χ4v) is 1.30. The number of pyridine rings is 1. The van der Waals surface area contributed by atoms with Crippen LogP contribution in [0.2, 0.25) is 0 Å². The maximum atomic E-state index is 5.50. The molecule has 0 saturated heterocycles. The molecule has 1 aromatic rings. The molecule has 1 fully saturated rings. The number of hydrogen-bond donors (Lipinski definition) is 2. The Morgan fingerprint density at radius 3 is 3.08 bits per heavy atom. The monoisotopic (exact) mass is 177 g/mol. The molecule has 3 heteroatoms. The Kier molecular flexibility index (Phi) is 2.57. The van der Waals surface area contributed by atoms with E-state index in [0.717, 1.165) is 18.3 Å². The number of rotatable bonds is 4. The molecule has 0 unspecified atom stereocenters. The zero-order valence-corrected chi connectivity index (χ0v) is 7.66. The molecule has 0 aromatic carbocycles. The molecule has 3 nitrogen and oxygen atoms in total. The van der Waals surface area contributed by atoms with E-state index >= 15 is 0 Å². The van der Waals surface area contributed by atoms with Crippen molar-refractivity contribution in [2.45, 2.75) is 32.0 Å². The summed E-state index contributed by atoms with van der Waals surface area (Å²) in [7, 11) is 0. The Morgan fingerprint density at radius 1 is 1.54 bits per heavy atom. The van der Waals surface area contributed by atoms with E-state index < -0.39 is 0 Å². The van der Waals surface area contributed by atoms with Gasteiger partial charge in [-0.3, -0.25) is 4.98 Å². The van der Waals surface area contributed by atoms with Crippen LogP contribution in [0.4, 0.5) is 0 Å². The Morgan fingerprint density at radius 2 is 2.38 bits per heavy atom. The van der Waals surface area contributed by atoms with E-state index in [1.807, 2.05) is 12.3 Å². The van der Waals surface area contributed by atoms with Gasteiger partial charge < -0.3 is 11.1 Å². The molecule has 0 atom stereocenters. The smallest absolute Gasteiger partial charge is 0.0542 e. The number of aromatic nitrogens is 1. The first kappa shape index (κ1) is 8.66. The molecule has 1 aliphatic carbocycles. The van der Waals surface area contributed by atoms with Crippen LogP contribution in [0.1, 0.15) is 24.1 Å².